The van der Waals surface area contributed by atoms with E-state index < -0.39 is 0 Å². The van der Waals surface area contributed by atoms with Crippen molar-refractivity contribution in [2.45, 2.75) is 13.5 Å². The van der Waals surface area contributed by atoms with E-state index >= 15 is 0 Å². The predicted molar refractivity (Wildman–Crippen MR) is 61.6 cm³/mol. The van der Waals surface area contributed by atoms with Crippen molar-refractivity contribution in [3.05, 3.63) is 42.4 Å². The van der Waals surface area contributed by atoms with Gasteiger partial charge in [0.2, 0.25) is 5.89 Å². The van der Waals surface area contributed by atoms with E-state index in [2.05, 4.69) is 20.4 Å². The third-order valence-corrected chi connectivity index (χ3v) is 2.35. The van der Waals surface area contributed by atoms with Crippen LogP contribution in [0.4, 0.5) is 5.82 Å². The second kappa shape index (κ2) is 3.89. The molecule has 0 aliphatic heterocycles. The number of hydrogen-bond acceptors (Lipinski definition) is 5. The normalized spacial score (nSPS) is 10.9. The highest BCUT2D eigenvalue weighted by Crippen LogP contribution is 2.08. The summed E-state index contributed by atoms with van der Waals surface area (Å²) in [5.74, 6) is 2.23. The molecule has 0 aliphatic rings. The number of anilines is 1. The van der Waals surface area contributed by atoms with E-state index in [1.165, 1.54) is 0 Å². The van der Waals surface area contributed by atoms with Gasteiger partial charge in [0.1, 0.15) is 11.6 Å². The first-order valence-electron chi connectivity index (χ1n) is 5.27. The van der Waals surface area contributed by atoms with Crippen LogP contribution in [0.1, 0.15) is 11.7 Å². The summed E-state index contributed by atoms with van der Waals surface area (Å²) in [6.45, 7) is 2.39. The number of hydrogen-bond donors (Lipinski definition) is 1. The number of rotatable bonds is 3. The summed E-state index contributed by atoms with van der Waals surface area (Å²) in [7, 11) is 0. The average Bonchev–Trinajstić information content (AvgIpc) is 2.94. The van der Waals surface area contributed by atoms with Gasteiger partial charge in [0.25, 0.3) is 0 Å². The van der Waals surface area contributed by atoms with Gasteiger partial charge in [-0.2, -0.15) is 5.10 Å². The molecule has 0 radical (unpaired) electrons. The highest BCUT2D eigenvalue weighted by molar-refractivity contribution is 5.45. The van der Waals surface area contributed by atoms with Crippen LogP contribution < -0.4 is 5.32 Å². The number of aryl methyl sites for hydroxylation is 1. The molecule has 0 unspecified atom stereocenters. The van der Waals surface area contributed by atoms with Crippen LogP contribution in [0.5, 0.6) is 0 Å². The Kier molecular flexibility index (Phi) is 2.25. The van der Waals surface area contributed by atoms with Gasteiger partial charge in [-0.15, -0.1) is 0 Å². The molecule has 86 valence electrons. The highest BCUT2D eigenvalue weighted by Gasteiger charge is 2.02. The van der Waals surface area contributed by atoms with Gasteiger partial charge < -0.3 is 9.73 Å². The molecule has 6 heteroatoms. The summed E-state index contributed by atoms with van der Waals surface area (Å²) in [6.07, 6.45) is 5.26. The molecule has 0 bridgehead atoms. The number of oxazole rings is 1. The molecular formula is C11H11N5O. The summed E-state index contributed by atoms with van der Waals surface area (Å²) >= 11 is 0. The van der Waals surface area contributed by atoms with Crippen LogP contribution in [0.25, 0.3) is 5.65 Å². The van der Waals surface area contributed by atoms with Crippen LogP contribution in [-0.2, 0) is 6.54 Å². The Labute approximate surface area is 97.3 Å². The molecule has 0 aromatic carbocycles. The fraction of sp³-hybridized carbons (Fsp3) is 0.182. The summed E-state index contributed by atoms with van der Waals surface area (Å²) in [5, 5.41) is 7.22. The number of aromatic nitrogens is 4. The largest absolute Gasteiger partial charge is 0.444 e. The first kappa shape index (κ1) is 9.83. The zero-order valence-corrected chi connectivity index (χ0v) is 9.29. The number of nitrogens with one attached hydrogen (secondary N) is 1. The Morgan fingerprint density at radius 3 is 3.18 bits per heavy atom. The molecule has 3 heterocycles. The molecule has 17 heavy (non-hydrogen) atoms. The number of fused-ring (bicyclic) bond motifs is 1. The summed E-state index contributed by atoms with van der Waals surface area (Å²) in [5.41, 5.74) is 0.804. The lowest BCUT2D eigenvalue weighted by atomic mass is 10.5. The molecule has 0 fully saturated rings. The molecule has 3 aromatic rings. The maximum absolute atomic E-state index is 5.36. The van der Waals surface area contributed by atoms with E-state index in [4.69, 9.17) is 4.42 Å². The van der Waals surface area contributed by atoms with Crippen LogP contribution >= 0.6 is 0 Å². The van der Waals surface area contributed by atoms with Gasteiger partial charge in [-0.25, -0.2) is 14.5 Å². The van der Waals surface area contributed by atoms with Crippen LogP contribution in [0.3, 0.4) is 0 Å². The van der Waals surface area contributed by atoms with E-state index in [0.717, 1.165) is 17.2 Å². The predicted octanol–water partition coefficient (Wildman–Crippen LogP) is 1.64. The Balaban J connectivity index is 1.76. The van der Waals surface area contributed by atoms with Crippen molar-refractivity contribution in [1.29, 1.82) is 0 Å². The average molecular weight is 229 g/mol. The lowest BCUT2D eigenvalue weighted by Crippen LogP contribution is -2.02. The Bertz CT molecular complexity index is 642. The van der Waals surface area contributed by atoms with Gasteiger partial charge >= 0.3 is 0 Å². The van der Waals surface area contributed by atoms with Crippen LogP contribution in [0.15, 0.2) is 35.1 Å². The van der Waals surface area contributed by atoms with E-state index in [1.54, 1.807) is 16.9 Å². The van der Waals surface area contributed by atoms with Crippen molar-refractivity contribution in [2.75, 3.05) is 5.32 Å². The zero-order chi connectivity index (χ0) is 11.7. The van der Waals surface area contributed by atoms with Crippen molar-refractivity contribution in [1.82, 2.24) is 19.6 Å². The second-order valence-corrected chi connectivity index (χ2v) is 3.66. The standard InChI is InChI=1S/C11H11N5O/c1-8-6-13-11(17-8)7-12-9-3-5-16-10(15-9)2-4-14-16/h2-6H,7H2,1H3,(H,12,15). The molecule has 6 nitrogen and oxygen atoms in total. The minimum atomic E-state index is 0.519. The third-order valence-electron chi connectivity index (χ3n) is 2.35. The third kappa shape index (κ3) is 1.96. The molecule has 0 aliphatic carbocycles. The molecule has 0 spiro atoms. The molecule has 3 aromatic heterocycles. The monoisotopic (exact) mass is 229 g/mol. The first-order chi connectivity index (χ1) is 8.31. The van der Waals surface area contributed by atoms with Crippen molar-refractivity contribution in [2.24, 2.45) is 0 Å². The molecule has 0 saturated carbocycles. The van der Waals surface area contributed by atoms with Gasteiger partial charge in [-0.3, -0.25) is 0 Å². The fourth-order valence-electron chi connectivity index (χ4n) is 1.56. The van der Waals surface area contributed by atoms with Crippen LogP contribution in [-0.4, -0.2) is 19.6 Å². The summed E-state index contributed by atoms with van der Waals surface area (Å²) in [4.78, 5) is 8.49. The lowest BCUT2D eigenvalue weighted by molar-refractivity contribution is 0.479. The van der Waals surface area contributed by atoms with Gasteiger partial charge in [0.05, 0.1) is 18.9 Å². The Morgan fingerprint density at radius 1 is 1.41 bits per heavy atom. The summed E-state index contributed by atoms with van der Waals surface area (Å²) < 4.78 is 7.07. The van der Waals surface area contributed by atoms with Crippen molar-refractivity contribution in [3.8, 4) is 0 Å². The van der Waals surface area contributed by atoms with E-state index in [-0.39, 0.29) is 0 Å². The second-order valence-electron chi connectivity index (χ2n) is 3.66. The Hall–Kier alpha value is -2.37. The Morgan fingerprint density at radius 2 is 2.35 bits per heavy atom. The van der Waals surface area contributed by atoms with Crippen molar-refractivity contribution >= 4 is 11.5 Å². The van der Waals surface area contributed by atoms with Crippen molar-refractivity contribution < 1.29 is 4.42 Å². The maximum atomic E-state index is 5.36. The van der Waals surface area contributed by atoms with Crippen molar-refractivity contribution in [3.63, 3.8) is 0 Å². The van der Waals surface area contributed by atoms with Gasteiger partial charge in [0, 0.05) is 12.3 Å². The van der Waals surface area contributed by atoms with E-state index in [9.17, 15) is 0 Å². The van der Waals surface area contributed by atoms with Crippen LogP contribution in [0, 0.1) is 6.92 Å². The molecule has 3 rings (SSSR count). The molecular weight excluding hydrogens is 218 g/mol. The fourth-order valence-corrected chi connectivity index (χ4v) is 1.56. The summed E-state index contributed by atoms with van der Waals surface area (Å²) in [6, 6.07) is 3.70. The first-order valence-corrected chi connectivity index (χ1v) is 5.27. The van der Waals surface area contributed by atoms with Gasteiger partial charge in [-0.05, 0) is 13.0 Å². The highest BCUT2D eigenvalue weighted by atomic mass is 16.4. The van der Waals surface area contributed by atoms with Gasteiger partial charge in [-0.1, -0.05) is 0 Å². The van der Waals surface area contributed by atoms with Gasteiger partial charge in [0.15, 0.2) is 5.65 Å². The zero-order valence-electron chi connectivity index (χ0n) is 9.29. The van der Waals surface area contributed by atoms with E-state index in [1.807, 2.05) is 25.3 Å². The molecule has 1 N–H and O–H groups in total. The molecule has 0 atom stereocenters. The number of nitrogens with zero attached hydrogens (tertiary/aromatic N) is 4. The molecule has 0 amide bonds. The maximum Gasteiger partial charge on any atom is 0.213 e. The minimum Gasteiger partial charge on any atom is -0.444 e. The topological polar surface area (TPSA) is 68.2 Å². The quantitative estimate of drug-likeness (QED) is 0.739. The molecule has 0 saturated heterocycles. The van der Waals surface area contributed by atoms with E-state index in [0.29, 0.717) is 12.4 Å². The SMILES string of the molecule is Cc1cnc(CNc2ccn3nccc3n2)o1. The lowest BCUT2D eigenvalue weighted by Gasteiger charge is -2.02. The van der Waals surface area contributed by atoms with Crippen LogP contribution in [0.2, 0.25) is 0 Å². The smallest absolute Gasteiger partial charge is 0.213 e. The minimum absolute atomic E-state index is 0.519.